The summed E-state index contributed by atoms with van der Waals surface area (Å²) in [4.78, 5) is 17.5. The van der Waals surface area contributed by atoms with Gasteiger partial charge in [0, 0.05) is 12.5 Å². The van der Waals surface area contributed by atoms with Crippen molar-refractivity contribution in [3.05, 3.63) is 65.5 Å². The van der Waals surface area contributed by atoms with Crippen LogP contribution in [-0.4, -0.2) is 51.0 Å². The van der Waals surface area contributed by atoms with Gasteiger partial charge in [-0.1, -0.05) is 6.07 Å². The van der Waals surface area contributed by atoms with Crippen molar-refractivity contribution in [2.75, 3.05) is 27.1 Å². The largest absolute Gasteiger partial charge is 0.495 e. The van der Waals surface area contributed by atoms with Gasteiger partial charge < -0.3 is 24.7 Å². The van der Waals surface area contributed by atoms with Gasteiger partial charge >= 0.3 is 0 Å². The zero-order valence-electron chi connectivity index (χ0n) is 19.3. The standard InChI is InChI=1S/C23H25N7O4/c1-14-26-21(11-22(27-14)34-13-16-6-7-17(31-2)12-25-16)30-20(28-23(24)29-30)10-15-5-8-18(32-3)19(9-15)33-4/h5-9,11-12H,10,13H2,1-4H3,(H2,24,29). The predicted octanol–water partition coefficient (Wildman–Crippen LogP) is 2.54. The van der Waals surface area contributed by atoms with Gasteiger partial charge in [0.05, 0.1) is 33.2 Å². The lowest BCUT2D eigenvalue weighted by atomic mass is 10.1. The number of nitrogens with zero attached hydrogens (tertiary/aromatic N) is 6. The molecule has 3 aromatic heterocycles. The minimum atomic E-state index is 0.136. The minimum Gasteiger partial charge on any atom is -0.495 e. The Labute approximate surface area is 196 Å². The van der Waals surface area contributed by atoms with Crippen molar-refractivity contribution in [1.29, 1.82) is 0 Å². The van der Waals surface area contributed by atoms with E-state index in [-0.39, 0.29) is 12.6 Å². The smallest absolute Gasteiger partial charge is 0.240 e. The highest BCUT2D eigenvalue weighted by Gasteiger charge is 2.15. The molecule has 11 nitrogen and oxygen atoms in total. The van der Waals surface area contributed by atoms with Gasteiger partial charge in [0.25, 0.3) is 0 Å². The van der Waals surface area contributed by atoms with Crippen LogP contribution in [0.15, 0.2) is 42.6 Å². The molecule has 0 saturated heterocycles. The molecule has 11 heteroatoms. The van der Waals surface area contributed by atoms with Crippen LogP contribution in [0.3, 0.4) is 0 Å². The first-order chi connectivity index (χ1) is 16.5. The molecular weight excluding hydrogens is 438 g/mol. The maximum atomic E-state index is 5.93. The van der Waals surface area contributed by atoms with Crippen molar-refractivity contribution in [2.45, 2.75) is 20.0 Å². The molecule has 34 heavy (non-hydrogen) atoms. The molecule has 0 spiro atoms. The van der Waals surface area contributed by atoms with E-state index in [9.17, 15) is 0 Å². The molecule has 0 radical (unpaired) electrons. The average molecular weight is 463 g/mol. The third-order valence-corrected chi connectivity index (χ3v) is 4.92. The van der Waals surface area contributed by atoms with Gasteiger partial charge in [-0.3, -0.25) is 4.98 Å². The van der Waals surface area contributed by atoms with Gasteiger partial charge in [-0.2, -0.15) is 14.6 Å². The first kappa shape index (κ1) is 22.8. The number of hydrogen-bond acceptors (Lipinski definition) is 10. The van der Waals surface area contributed by atoms with Crippen molar-refractivity contribution in [2.24, 2.45) is 0 Å². The highest BCUT2D eigenvalue weighted by Crippen LogP contribution is 2.28. The van der Waals surface area contributed by atoms with E-state index in [2.05, 4.69) is 25.0 Å². The van der Waals surface area contributed by atoms with Crippen LogP contribution in [0.2, 0.25) is 0 Å². The van der Waals surface area contributed by atoms with Crippen molar-refractivity contribution >= 4 is 5.95 Å². The van der Waals surface area contributed by atoms with Gasteiger partial charge in [0.1, 0.15) is 24.0 Å². The highest BCUT2D eigenvalue weighted by atomic mass is 16.5. The Morgan fingerprint density at radius 3 is 2.44 bits per heavy atom. The lowest BCUT2D eigenvalue weighted by Gasteiger charge is -2.11. The summed E-state index contributed by atoms with van der Waals surface area (Å²) in [5, 5.41) is 4.33. The van der Waals surface area contributed by atoms with E-state index in [1.165, 1.54) is 0 Å². The lowest BCUT2D eigenvalue weighted by molar-refractivity contribution is 0.287. The predicted molar refractivity (Wildman–Crippen MR) is 124 cm³/mol. The molecule has 2 N–H and O–H groups in total. The molecule has 4 rings (SSSR count). The van der Waals surface area contributed by atoms with E-state index in [1.807, 2.05) is 30.3 Å². The Morgan fingerprint density at radius 2 is 1.74 bits per heavy atom. The summed E-state index contributed by atoms with van der Waals surface area (Å²) in [7, 11) is 4.78. The molecule has 0 aliphatic heterocycles. The minimum absolute atomic E-state index is 0.136. The Balaban J connectivity index is 1.58. The highest BCUT2D eigenvalue weighted by molar-refractivity contribution is 5.44. The molecular formula is C23H25N7O4. The summed E-state index contributed by atoms with van der Waals surface area (Å²) in [6.45, 7) is 2.01. The second kappa shape index (κ2) is 10.0. The normalized spacial score (nSPS) is 10.7. The molecule has 0 atom stereocenters. The molecule has 3 heterocycles. The summed E-state index contributed by atoms with van der Waals surface area (Å²) in [5.74, 6) is 4.07. The molecule has 0 fully saturated rings. The first-order valence-electron chi connectivity index (χ1n) is 10.4. The van der Waals surface area contributed by atoms with Crippen molar-refractivity contribution < 1.29 is 18.9 Å². The van der Waals surface area contributed by atoms with Crippen LogP contribution in [0.25, 0.3) is 5.82 Å². The summed E-state index contributed by atoms with van der Waals surface area (Å²) in [5.41, 5.74) is 7.60. The molecule has 0 unspecified atom stereocenters. The third-order valence-electron chi connectivity index (χ3n) is 4.92. The number of aromatic nitrogens is 6. The number of nitrogen functional groups attached to an aromatic ring is 1. The van der Waals surface area contributed by atoms with Crippen molar-refractivity contribution in [3.8, 4) is 28.9 Å². The van der Waals surface area contributed by atoms with Crippen molar-refractivity contribution in [3.63, 3.8) is 0 Å². The number of aryl methyl sites for hydroxylation is 1. The fourth-order valence-electron chi connectivity index (χ4n) is 3.31. The van der Waals surface area contributed by atoms with Gasteiger partial charge in [-0.15, -0.1) is 5.10 Å². The number of pyridine rings is 1. The topological polar surface area (TPSA) is 132 Å². The molecule has 4 aromatic rings. The van der Waals surface area contributed by atoms with E-state index in [0.717, 1.165) is 11.3 Å². The van der Waals surface area contributed by atoms with E-state index in [1.54, 1.807) is 45.2 Å². The van der Waals surface area contributed by atoms with Gasteiger partial charge in [-0.25, -0.2) is 4.98 Å². The van der Waals surface area contributed by atoms with Crippen LogP contribution in [0.1, 0.15) is 22.9 Å². The maximum absolute atomic E-state index is 5.93. The molecule has 0 aliphatic rings. The van der Waals surface area contributed by atoms with Crippen LogP contribution < -0.4 is 24.7 Å². The zero-order chi connectivity index (χ0) is 24.1. The van der Waals surface area contributed by atoms with Crippen molar-refractivity contribution in [1.82, 2.24) is 29.7 Å². The van der Waals surface area contributed by atoms with Crippen LogP contribution in [0, 0.1) is 6.92 Å². The summed E-state index contributed by atoms with van der Waals surface area (Å²) >= 11 is 0. The number of rotatable bonds is 9. The number of hydrogen-bond donors (Lipinski definition) is 1. The maximum Gasteiger partial charge on any atom is 0.240 e. The van der Waals surface area contributed by atoms with Crippen LogP contribution in [-0.2, 0) is 13.0 Å². The number of nitrogens with two attached hydrogens (primary N) is 1. The Hall–Kier alpha value is -4.41. The van der Waals surface area contributed by atoms with Gasteiger partial charge in [-0.05, 0) is 36.8 Å². The number of benzene rings is 1. The molecule has 0 amide bonds. The third kappa shape index (κ3) is 5.14. The number of methoxy groups -OCH3 is 3. The fourth-order valence-corrected chi connectivity index (χ4v) is 3.31. The van der Waals surface area contributed by atoms with E-state index < -0.39 is 0 Å². The average Bonchev–Trinajstić information content (AvgIpc) is 3.22. The second-order valence-corrected chi connectivity index (χ2v) is 7.25. The van der Waals surface area contributed by atoms with Crippen LogP contribution in [0.4, 0.5) is 5.95 Å². The summed E-state index contributed by atoms with van der Waals surface area (Å²) in [6.07, 6.45) is 2.08. The molecule has 1 aromatic carbocycles. The number of ether oxygens (including phenoxy) is 4. The van der Waals surface area contributed by atoms with Crippen LogP contribution in [0.5, 0.6) is 23.1 Å². The zero-order valence-corrected chi connectivity index (χ0v) is 19.3. The van der Waals surface area contributed by atoms with E-state index in [0.29, 0.717) is 47.0 Å². The first-order valence-corrected chi connectivity index (χ1v) is 10.4. The fraction of sp³-hybridized carbons (Fsp3) is 0.261. The molecule has 0 saturated carbocycles. The Kier molecular flexibility index (Phi) is 6.72. The number of anilines is 1. The van der Waals surface area contributed by atoms with E-state index >= 15 is 0 Å². The quantitative estimate of drug-likeness (QED) is 0.395. The van der Waals surface area contributed by atoms with Gasteiger partial charge in [0.15, 0.2) is 17.3 Å². The monoisotopic (exact) mass is 463 g/mol. The summed E-state index contributed by atoms with van der Waals surface area (Å²) < 4.78 is 23.3. The van der Waals surface area contributed by atoms with E-state index in [4.69, 9.17) is 24.7 Å². The van der Waals surface area contributed by atoms with Crippen LogP contribution >= 0.6 is 0 Å². The Morgan fingerprint density at radius 1 is 0.912 bits per heavy atom. The summed E-state index contributed by atoms with van der Waals surface area (Å²) in [6, 6.07) is 11.0. The lowest BCUT2D eigenvalue weighted by Crippen LogP contribution is -2.09. The SMILES string of the molecule is COc1ccc(COc2cc(-n3nc(N)nc3Cc3ccc(OC)c(OC)c3)nc(C)n2)nc1. The molecule has 176 valence electrons. The molecule has 0 bridgehead atoms. The Bertz CT molecular complexity index is 1280. The molecule has 0 aliphatic carbocycles. The van der Waals surface area contributed by atoms with Gasteiger partial charge in [0.2, 0.25) is 11.8 Å². The second-order valence-electron chi connectivity index (χ2n) is 7.25.